The van der Waals surface area contributed by atoms with E-state index in [4.69, 9.17) is 4.74 Å². The number of para-hydroxylation sites is 1. The third kappa shape index (κ3) is 8.70. The van der Waals surface area contributed by atoms with Gasteiger partial charge in [0.15, 0.2) is 6.17 Å². The molecule has 1 heterocycles. The number of aryl methyl sites for hydroxylation is 1. The van der Waals surface area contributed by atoms with Crippen LogP contribution in [0.1, 0.15) is 72.2 Å². The van der Waals surface area contributed by atoms with Crippen molar-refractivity contribution in [3.63, 3.8) is 0 Å². The first-order chi connectivity index (χ1) is 23.6. The lowest BCUT2D eigenvalue weighted by Crippen LogP contribution is -2.46. The van der Waals surface area contributed by atoms with Gasteiger partial charge < -0.3 is 4.74 Å². The first-order valence-corrected chi connectivity index (χ1v) is 17.8. The number of rotatable bonds is 16. The number of ether oxygens (including phenoxy) is 1. The molecule has 2 unspecified atom stereocenters. The first kappa shape index (κ1) is 35.2. The Morgan fingerprint density at radius 2 is 1.51 bits per heavy atom. The SMILES string of the molecule is CCCCCCCOc1ccccc1C1N(C(=O)c2ccc([N+](=O)[O-])cc2)N1C(=O)C(Cc1ccccc1)NS(=O)(=O)c1ccc(C)cc1. The fraction of sp³-hybridized carbons (Fsp3) is 0.297. The summed E-state index contributed by atoms with van der Waals surface area (Å²) in [5.41, 5.74) is 2.09. The van der Waals surface area contributed by atoms with Crippen molar-refractivity contribution in [3.8, 4) is 5.75 Å². The minimum Gasteiger partial charge on any atom is -0.493 e. The molecule has 4 aromatic carbocycles. The van der Waals surface area contributed by atoms with Crippen LogP contribution >= 0.6 is 0 Å². The fourth-order valence-corrected chi connectivity index (χ4v) is 6.79. The second-order valence-electron chi connectivity index (χ2n) is 12.0. The van der Waals surface area contributed by atoms with E-state index in [1.165, 1.54) is 46.4 Å². The molecule has 0 aromatic heterocycles. The molecule has 1 saturated heterocycles. The molecule has 5 rings (SSSR count). The summed E-state index contributed by atoms with van der Waals surface area (Å²) in [4.78, 5) is 39.1. The lowest BCUT2D eigenvalue weighted by atomic mass is 10.1. The molecule has 1 aliphatic rings. The number of nitrogens with zero attached hydrogens (tertiary/aromatic N) is 3. The molecule has 2 atom stereocenters. The third-order valence-electron chi connectivity index (χ3n) is 8.31. The van der Waals surface area contributed by atoms with Gasteiger partial charge in [-0.2, -0.15) is 4.72 Å². The van der Waals surface area contributed by atoms with Crippen molar-refractivity contribution in [1.82, 2.24) is 14.7 Å². The van der Waals surface area contributed by atoms with E-state index in [0.717, 1.165) is 37.7 Å². The van der Waals surface area contributed by atoms with Crippen molar-refractivity contribution >= 4 is 27.5 Å². The number of hydrazine groups is 1. The summed E-state index contributed by atoms with van der Waals surface area (Å²) in [6.07, 6.45) is 4.33. The zero-order valence-electron chi connectivity index (χ0n) is 27.5. The second kappa shape index (κ2) is 15.9. The van der Waals surface area contributed by atoms with Crippen LogP contribution in [0.5, 0.6) is 5.75 Å². The molecule has 49 heavy (non-hydrogen) atoms. The lowest BCUT2D eigenvalue weighted by molar-refractivity contribution is -0.384. The van der Waals surface area contributed by atoms with Crippen molar-refractivity contribution in [1.29, 1.82) is 0 Å². The number of hydrogen-bond acceptors (Lipinski definition) is 7. The van der Waals surface area contributed by atoms with E-state index in [2.05, 4.69) is 11.6 Å². The predicted molar refractivity (Wildman–Crippen MR) is 185 cm³/mol. The highest BCUT2D eigenvalue weighted by Crippen LogP contribution is 2.47. The monoisotopic (exact) mass is 684 g/mol. The quantitative estimate of drug-likeness (QED) is 0.0597. The van der Waals surface area contributed by atoms with Crippen molar-refractivity contribution < 1.29 is 27.7 Å². The Morgan fingerprint density at radius 3 is 2.18 bits per heavy atom. The smallest absolute Gasteiger partial charge is 0.274 e. The molecule has 1 N–H and O–H groups in total. The van der Waals surface area contributed by atoms with E-state index < -0.39 is 39.0 Å². The Hall–Kier alpha value is -5.07. The number of hydrogen-bond donors (Lipinski definition) is 1. The van der Waals surface area contributed by atoms with Crippen LogP contribution in [-0.4, -0.2) is 47.8 Å². The van der Waals surface area contributed by atoms with Gasteiger partial charge in [0.2, 0.25) is 10.0 Å². The maximum atomic E-state index is 14.5. The van der Waals surface area contributed by atoms with Crippen LogP contribution in [0, 0.1) is 17.0 Å². The summed E-state index contributed by atoms with van der Waals surface area (Å²) in [7, 11) is -4.15. The molecular weight excluding hydrogens is 644 g/mol. The van der Waals surface area contributed by atoms with E-state index in [9.17, 15) is 28.1 Å². The Bertz CT molecular complexity index is 1870. The Labute approximate surface area is 286 Å². The van der Waals surface area contributed by atoms with E-state index in [1.807, 2.05) is 13.0 Å². The lowest BCUT2D eigenvalue weighted by Gasteiger charge is -2.19. The molecule has 1 fully saturated rings. The number of non-ortho nitro benzene ring substituents is 1. The van der Waals surface area contributed by atoms with E-state index >= 15 is 0 Å². The summed E-state index contributed by atoms with van der Waals surface area (Å²) in [5.74, 6) is -0.726. The summed E-state index contributed by atoms with van der Waals surface area (Å²) < 4.78 is 36.0. The van der Waals surface area contributed by atoms with Crippen molar-refractivity contribution in [3.05, 3.63) is 135 Å². The van der Waals surface area contributed by atoms with Crippen LogP contribution in [0.15, 0.2) is 108 Å². The number of nitro benzene ring substituents is 1. The second-order valence-corrected chi connectivity index (χ2v) is 13.7. The van der Waals surface area contributed by atoms with Gasteiger partial charge in [0, 0.05) is 23.3 Å². The van der Waals surface area contributed by atoms with Gasteiger partial charge in [-0.15, -0.1) is 0 Å². The minimum absolute atomic E-state index is 0.00260. The number of sulfonamides is 1. The van der Waals surface area contributed by atoms with Gasteiger partial charge in [-0.3, -0.25) is 19.7 Å². The number of carbonyl (C=O) groups excluding carboxylic acids is 2. The van der Waals surface area contributed by atoms with Crippen LogP contribution in [0.25, 0.3) is 0 Å². The van der Waals surface area contributed by atoms with Crippen molar-refractivity contribution in [2.45, 2.75) is 69.5 Å². The molecule has 0 spiro atoms. The van der Waals surface area contributed by atoms with Gasteiger partial charge in [-0.05, 0) is 55.7 Å². The van der Waals surface area contributed by atoms with Crippen LogP contribution in [0.2, 0.25) is 0 Å². The predicted octanol–water partition coefficient (Wildman–Crippen LogP) is 6.74. The van der Waals surface area contributed by atoms with Crippen molar-refractivity contribution in [2.24, 2.45) is 0 Å². The van der Waals surface area contributed by atoms with Gasteiger partial charge in [-0.1, -0.05) is 98.8 Å². The first-order valence-electron chi connectivity index (χ1n) is 16.4. The van der Waals surface area contributed by atoms with Gasteiger partial charge in [0.1, 0.15) is 11.8 Å². The maximum absolute atomic E-state index is 14.5. The molecule has 2 amide bonds. The molecule has 12 heteroatoms. The Morgan fingerprint density at radius 1 is 0.857 bits per heavy atom. The van der Waals surface area contributed by atoms with Gasteiger partial charge in [-0.25, -0.2) is 18.4 Å². The summed E-state index contributed by atoms with van der Waals surface area (Å²) >= 11 is 0. The highest BCUT2D eigenvalue weighted by molar-refractivity contribution is 7.89. The average Bonchev–Trinajstić information content (AvgIpc) is 3.85. The maximum Gasteiger partial charge on any atom is 0.274 e. The van der Waals surface area contributed by atoms with E-state index in [0.29, 0.717) is 23.5 Å². The number of nitrogens with one attached hydrogen (secondary N) is 1. The summed E-state index contributed by atoms with van der Waals surface area (Å²) in [6, 6.07) is 26.3. The molecular formula is C37H40N4O7S. The number of benzene rings is 4. The standard InChI is InChI=1S/C37H40N4O7S/c1-3-4-5-6-12-25-48-34-16-11-10-15-32(34)35-39(36(42)29-19-21-30(22-20-29)41(44)45)40(35)37(43)33(26-28-13-8-7-9-14-28)38-49(46,47)31-23-17-27(2)18-24-31/h7-11,13-24,33,35,38H,3-6,12,25-26H2,1-2H3. The largest absolute Gasteiger partial charge is 0.493 e. The molecule has 1 aliphatic heterocycles. The van der Waals surface area contributed by atoms with Crippen molar-refractivity contribution in [2.75, 3.05) is 6.61 Å². The number of carbonyl (C=O) groups is 2. The zero-order valence-corrected chi connectivity index (χ0v) is 28.3. The number of amides is 2. The Balaban J connectivity index is 1.48. The van der Waals surface area contributed by atoms with Crippen LogP contribution in [-0.2, 0) is 21.2 Å². The molecule has 0 aliphatic carbocycles. The highest BCUT2D eigenvalue weighted by atomic mass is 32.2. The normalized spacial score (nSPS) is 14.7. The Kier molecular flexibility index (Phi) is 11.4. The molecule has 0 radical (unpaired) electrons. The van der Waals surface area contributed by atoms with Crippen LogP contribution in [0.3, 0.4) is 0 Å². The topological polar surface area (TPSA) is 139 Å². The third-order valence-corrected chi connectivity index (χ3v) is 9.80. The average molecular weight is 685 g/mol. The van der Waals surface area contributed by atoms with Gasteiger partial charge in [0.05, 0.1) is 16.4 Å². The molecule has 0 bridgehead atoms. The van der Waals surface area contributed by atoms with E-state index in [1.54, 1.807) is 60.7 Å². The summed E-state index contributed by atoms with van der Waals surface area (Å²) in [6.45, 7) is 4.44. The number of unbranched alkanes of at least 4 members (excludes halogenated alkanes) is 4. The van der Waals surface area contributed by atoms with Crippen LogP contribution in [0.4, 0.5) is 5.69 Å². The van der Waals surface area contributed by atoms with Crippen LogP contribution < -0.4 is 9.46 Å². The molecule has 11 nitrogen and oxygen atoms in total. The highest BCUT2D eigenvalue weighted by Gasteiger charge is 2.56. The van der Waals surface area contributed by atoms with Gasteiger partial charge in [0.25, 0.3) is 17.5 Å². The molecule has 4 aromatic rings. The fourth-order valence-electron chi connectivity index (χ4n) is 5.60. The molecule has 0 saturated carbocycles. The van der Waals surface area contributed by atoms with E-state index in [-0.39, 0.29) is 22.6 Å². The van der Waals surface area contributed by atoms with Gasteiger partial charge >= 0.3 is 0 Å². The minimum atomic E-state index is -4.15. The molecule has 256 valence electrons. The number of nitro groups is 1. The summed E-state index contributed by atoms with van der Waals surface area (Å²) in [5, 5.41) is 13.7. The zero-order chi connectivity index (χ0) is 35.0.